The summed E-state index contributed by atoms with van der Waals surface area (Å²) in [5, 5.41) is 0. The lowest BCUT2D eigenvalue weighted by Gasteiger charge is -2.17. The molecule has 0 radical (unpaired) electrons. The van der Waals surface area contributed by atoms with E-state index in [-0.39, 0.29) is 23.1 Å². The maximum atomic E-state index is 13.0. The number of hydrogen-bond acceptors (Lipinski definition) is 3. The summed E-state index contributed by atoms with van der Waals surface area (Å²) < 4.78 is 1.72. The van der Waals surface area contributed by atoms with Gasteiger partial charge in [-0.25, -0.2) is 4.98 Å². The Morgan fingerprint density at radius 3 is 2.25 bits per heavy atom. The number of alkyl halides is 1. The SMILES string of the molecule is Cc1ccccc1-n1c(CCl)nc2c1C(=O)c1ccccc1C2=O. The number of hydrogen-bond donors (Lipinski definition) is 0. The summed E-state index contributed by atoms with van der Waals surface area (Å²) in [7, 11) is 0. The van der Waals surface area contributed by atoms with Crippen molar-refractivity contribution in [3.63, 3.8) is 0 Å². The number of para-hydroxylation sites is 1. The number of aromatic nitrogens is 2. The van der Waals surface area contributed by atoms with Gasteiger partial charge in [-0.1, -0.05) is 42.5 Å². The molecule has 0 saturated carbocycles. The van der Waals surface area contributed by atoms with Crippen LogP contribution in [0.2, 0.25) is 0 Å². The highest BCUT2D eigenvalue weighted by Crippen LogP contribution is 2.31. The average Bonchev–Trinajstić information content (AvgIpc) is 3.00. The van der Waals surface area contributed by atoms with Gasteiger partial charge < -0.3 is 0 Å². The molecule has 0 atom stereocenters. The second kappa shape index (κ2) is 5.42. The lowest BCUT2D eigenvalue weighted by molar-refractivity contribution is 0.0972. The first-order valence-electron chi connectivity index (χ1n) is 7.55. The van der Waals surface area contributed by atoms with Gasteiger partial charge in [0.2, 0.25) is 11.6 Å². The van der Waals surface area contributed by atoms with Crippen LogP contribution in [0.5, 0.6) is 0 Å². The standard InChI is InChI=1S/C19H13ClN2O2/c1-11-6-2-5-9-14(11)22-15(10-20)21-16-17(22)19(24)13-8-4-3-7-12(13)18(16)23/h2-9H,10H2,1H3. The zero-order valence-corrected chi connectivity index (χ0v) is 13.7. The molecule has 2 aromatic carbocycles. The van der Waals surface area contributed by atoms with Crippen molar-refractivity contribution in [1.82, 2.24) is 9.55 Å². The van der Waals surface area contributed by atoms with E-state index in [1.54, 1.807) is 28.8 Å². The Labute approximate surface area is 143 Å². The largest absolute Gasteiger partial charge is 0.291 e. The second-order valence-electron chi connectivity index (χ2n) is 5.68. The number of rotatable bonds is 2. The number of imidazole rings is 1. The summed E-state index contributed by atoms with van der Waals surface area (Å²) in [5.41, 5.74) is 3.06. The molecule has 0 saturated heterocycles. The molecule has 0 N–H and O–H groups in total. The quantitative estimate of drug-likeness (QED) is 0.524. The van der Waals surface area contributed by atoms with E-state index < -0.39 is 0 Å². The second-order valence-corrected chi connectivity index (χ2v) is 5.95. The van der Waals surface area contributed by atoms with Crippen molar-refractivity contribution in [2.75, 3.05) is 0 Å². The van der Waals surface area contributed by atoms with Crippen molar-refractivity contribution in [2.24, 2.45) is 0 Å². The molecule has 0 bridgehead atoms. The van der Waals surface area contributed by atoms with Gasteiger partial charge in [0.25, 0.3) is 0 Å². The Balaban J connectivity index is 2.06. The van der Waals surface area contributed by atoms with Crippen molar-refractivity contribution in [3.8, 4) is 5.69 Å². The van der Waals surface area contributed by atoms with Gasteiger partial charge in [-0.05, 0) is 18.6 Å². The van der Waals surface area contributed by atoms with Gasteiger partial charge >= 0.3 is 0 Å². The lowest BCUT2D eigenvalue weighted by atomic mass is 9.90. The Bertz CT molecular complexity index is 1000. The third-order valence-corrected chi connectivity index (χ3v) is 4.51. The van der Waals surface area contributed by atoms with Crippen LogP contribution in [0.1, 0.15) is 43.5 Å². The topological polar surface area (TPSA) is 52.0 Å². The minimum absolute atomic E-state index is 0.109. The van der Waals surface area contributed by atoms with E-state index in [0.717, 1.165) is 11.3 Å². The molecule has 1 heterocycles. The summed E-state index contributed by atoms with van der Waals surface area (Å²) in [6.45, 7) is 1.95. The number of carbonyl (C=O) groups excluding carboxylic acids is 2. The molecule has 1 aromatic heterocycles. The summed E-state index contributed by atoms with van der Waals surface area (Å²) in [4.78, 5) is 30.2. The van der Waals surface area contributed by atoms with Crippen LogP contribution >= 0.6 is 11.6 Å². The number of nitrogens with zero attached hydrogens (tertiary/aromatic N) is 2. The van der Waals surface area contributed by atoms with Crippen LogP contribution in [-0.2, 0) is 5.88 Å². The lowest BCUT2D eigenvalue weighted by Crippen LogP contribution is -2.23. The maximum Gasteiger partial charge on any atom is 0.214 e. The Morgan fingerprint density at radius 1 is 0.958 bits per heavy atom. The van der Waals surface area contributed by atoms with Crippen LogP contribution in [-0.4, -0.2) is 21.1 Å². The molecule has 1 aliphatic rings. The predicted octanol–water partition coefficient (Wildman–Crippen LogP) is 3.69. The normalized spacial score (nSPS) is 12.9. The molecular formula is C19H13ClN2O2. The first-order chi connectivity index (χ1) is 11.6. The molecule has 5 heteroatoms. The molecule has 4 rings (SSSR count). The third-order valence-electron chi connectivity index (χ3n) is 4.27. The fourth-order valence-electron chi connectivity index (χ4n) is 3.13. The predicted molar refractivity (Wildman–Crippen MR) is 91.2 cm³/mol. The van der Waals surface area contributed by atoms with Gasteiger partial charge in [-0.15, -0.1) is 11.6 Å². The molecule has 0 aliphatic heterocycles. The van der Waals surface area contributed by atoms with E-state index in [1.165, 1.54) is 0 Å². The monoisotopic (exact) mass is 336 g/mol. The third kappa shape index (κ3) is 1.96. The van der Waals surface area contributed by atoms with Gasteiger partial charge in [-0.2, -0.15) is 0 Å². The zero-order chi connectivity index (χ0) is 16.8. The van der Waals surface area contributed by atoms with Crippen LogP contribution in [0.15, 0.2) is 48.5 Å². The summed E-state index contributed by atoms with van der Waals surface area (Å²) in [6.07, 6.45) is 0. The molecule has 0 spiro atoms. The van der Waals surface area contributed by atoms with Crippen molar-refractivity contribution < 1.29 is 9.59 Å². The van der Waals surface area contributed by atoms with E-state index in [2.05, 4.69) is 4.98 Å². The van der Waals surface area contributed by atoms with Crippen LogP contribution in [0.4, 0.5) is 0 Å². The van der Waals surface area contributed by atoms with E-state index in [1.807, 2.05) is 31.2 Å². The first kappa shape index (κ1) is 14.8. The zero-order valence-electron chi connectivity index (χ0n) is 12.9. The Kier molecular flexibility index (Phi) is 3.36. The van der Waals surface area contributed by atoms with Crippen LogP contribution < -0.4 is 0 Å². The Morgan fingerprint density at radius 2 is 1.58 bits per heavy atom. The molecule has 3 aromatic rings. The highest BCUT2D eigenvalue weighted by molar-refractivity contribution is 6.27. The van der Waals surface area contributed by atoms with Gasteiger partial charge in [0.15, 0.2) is 0 Å². The number of ketones is 2. The molecule has 0 fully saturated rings. The van der Waals surface area contributed by atoms with Gasteiger partial charge in [0, 0.05) is 11.1 Å². The van der Waals surface area contributed by atoms with E-state index in [0.29, 0.717) is 22.6 Å². The summed E-state index contributed by atoms with van der Waals surface area (Å²) in [6, 6.07) is 14.5. The number of halogens is 1. The fraction of sp³-hybridized carbons (Fsp3) is 0.105. The molecular weight excluding hydrogens is 324 g/mol. The number of aryl methyl sites for hydroxylation is 1. The molecule has 1 aliphatic carbocycles. The highest BCUT2D eigenvalue weighted by Gasteiger charge is 2.36. The molecule has 0 amide bonds. The average molecular weight is 337 g/mol. The van der Waals surface area contributed by atoms with Crippen LogP contribution in [0, 0.1) is 6.92 Å². The molecule has 118 valence electrons. The van der Waals surface area contributed by atoms with Gasteiger partial charge in [0.05, 0.1) is 11.6 Å². The van der Waals surface area contributed by atoms with Crippen LogP contribution in [0.25, 0.3) is 5.69 Å². The van der Waals surface area contributed by atoms with E-state index >= 15 is 0 Å². The molecule has 24 heavy (non-hydrogen) atoms. The minimum atomic E-state index is -0.237. The van der Waals surface area contributed by atoms with Crippen molar-refractivity contribution >= 4 is 23.2 Å². The Hall–Kier alpha value is -2.72. The van der Waals surface area contributed by atoms with E-state index in [4.69, 9.17) is 11.6 Å². The maximum absolute atomic E-state index is 13.0. The van der Waals surface area contributed by atoms with Gasteiger partial charge in [0.1, 0.15) is 17.2 Å². The van der Waals surface area contributed by atoms with Crippen LogP contribution in [0.3, 0.4) is 0 Å². The number of fused-ring (bicyclic) bond motifs is 2. The van der Waals surface area contributed by atoms with E-state index in [9.17, 15) is 9.59 Å². The van der Waals surface area contributed by atoms with Crippen molar-refractivity contribution in [1.29, 1.82) is 0 Å². The number of benzene rings is 2. The van der Waals surface area contributed by atoms with Gasteiger partial charge in [-0.3, -0.25) is 14.2 Å². The fourth-order valence-corrected chi connectivity index (χ4v) is 3.31. The summed E-state index contributed by atoms with van der Waals surface area (Å²) >= 11 is 6.05. The first-order valence-corrected chi connectivity index (χ1v) is 8.09. The molecule has 0 unspecified atom stereocenters. The highest BCUT2D eigenvalue weighted by atomic mass is 35.5. The molecule has 4 nitrogen and oxygen atoms in total. The minimum Gasteiger partial charge on any atom is -0.291 e. The summed E-state index contributed by atoms with van der Waals surface area (Å²) in [5.74, 6) is 0.162. The van der Waals surface area contributed by atoms with Crippen molar-refractivity contribution in [2.45, 2.75) is 12.8 Å². The van der Waals surface area contributed by atoms with Crippen molar-refractivity contribution in [3.05, 3.63) is 82.4 Å². The smallest absolute Gasteiger partial charge is 0.214 e. The number of carbonyl (C=O) groups is 2.